The maximum absolute atomic E-state index is 12.9. The zero-order valence-electron chi connectivity index (χ0n) is 17.1. The molecule has 9 heteroatoms. The largest absolute Gasteiger partial charge is 0.358 e. The molecule has 1 aromatic rings. The van der Waals surface area contributed by atoms with Crippen LogP contribution in [0.5, 0.6) is 0 Å². The van der Waals surface area contributed by atoms with E-state index in [0.29, 0.717) is 36.7 Å². The van der Waals surface area contributed by atoms with Crippen LogP contribution in [0.4, 0.5) is 5.69 Å². The SMILES string of the molecule is CCN(CC)C(=S)SCC(=O)N1CCc2cc(S(=O)(=O)N3CCCCC3)ccc21. The predicted molar refractivity (Wildman–Crippen MR) is 123 cm³/mol. The molecule has 1 aromatic carbocycles. The van der Waals surface area contributed by atoms with Crippen molar-refractivity contribution in [2.24, 2.45) is 0 Å². The van der Waals surface area contributed by atoms with Gasteiger partial charge in [0.25, 0.3) is 0 Å². The van der Waals surface area contributed by atoms with Gasteiger partial charge >= 0.3 is 0 Å². The molecule has 2 heterocycles. The molecule has 6 nitrogen and oxygen atoms in total. The molecule has 0 aliphatic carbocycles. The number of fused-ring (bicyclic) bond motifs is 1. The van der Waals surface area contributed by atoms with Crippen molar-refractivity contribution >= 4 is 49.9 Å². The molecule has 0 N–H and O–H groups in total. The van der Waals surface area contributed by atoms with Crippen molar-refractivity contribution in [1.29, 1.82) is 0 Å². The standard InChI is InChI=1S/C20H29N3O3S3/c1-3-21(4-2)20(27)28-15-19(24)23-13-10-16-14-17(8-9-18(16)23)29(25,26)22-11-6-5-7-12-22/h8-9,14H,3-7,10-13,15H2,1-2H3. The number of nitrogens with zero attached hydrogens (tertiary/aromatic N) is 3. The van der Waals surface area contributed by atoms with E-state index in [1.54, 1.807) is 27.4 Å². The molecule has 29 heavy (non-hydrogen) atoms. The number of carbonyl (C=O) groups is 1. The molecule has 1 amide bonds. The fourth-order valence-corrected chi connectivity index (χ4v) is 6.67. The van der Waals surface area contributed by atoms with Gasteiger partial charge in [0, 0.05) is 38.4 Å². The number of rotatable bonds is 6. The minimum absolute atomic E-state index is 0.00916. The van der Waals surface area contributed by atoms with E-state index in [0.717, 1.165) is 47.9 Å². The molecular formula is C20H29N3O3S3. The second-order valence-electron chi connectivity index (χ2n) is 7.28. The van der Waals surface area contributed by atoms with Gasteiger partial charge in [-0.25, -0.2) is 8.42 Å². The van der Waals surface area contributed by atoms with Crippen LogP contribution in [-0.4, -0.2) is 66.3 Å². The maximum Gasteiger partial charge on any atom is 0.243 e. The third-order valence-corrected chi connectivity index (χ3v) is 8.94. The fraction of sp³-hybridized carbons (Fsp3) is 0.600. The van der Waals surface area contributed by atoms with Crippen molar-refractivity contribution in [3.8, 4) is 0 Å². The first kappa shape index (κ1) is 22.5. The number of piperidine rings is 1. The van der Waals surface area contributed by atoms with E-state index < -0.39 is 10.0 Å². The van der Waals surface area contributed by atoms with Gasteiger partial charge in [0.15, 0.2) is 0 Å². The number of thiocarbonyl (C=S) groups is 1. The van der Waals surface area contributed by atoms with Gasteiger partial charge in [0.1, 0.15) is 4.32 Å². The first-order valence-electron chi connectivity index (χ1n) is 10.2. The summed E-state index contributed by atoms with van der Waals surface area (Å²) in [4.78, 5) is 16.9. The topological polar surface area (TPSA) is 60.9 Å². The molecule has 1 saturated heterocycles. The number of sulfonamides is 1. The van der Waals surface area contributed by atoms with Crippen molar-refractivity contribution in [2.75, 3.05) is 43.4 Å². The van der Waals surface area contributed by atoms with E-state index in [2.05, 4.69) is 4.90 Å². The van der Waals surface area contributed by atoms with Crippen LogP contribution in [0.2, 0.25) is 0 Å². The lowest BCUT2D eigenvalue weighted by atomic mass is 10.2. The highest BCUT2D eigenvalue weighted by atomic mass is 32.2. The Morgan fingerprint density at radius 1 is 1.14 bits per heavy atom. The number of benzene rings is 1. The van der Waals surface area contributed by atoms with Crippen LogP contribution < -0.4 is 4.90 Å². The molecule has 0 aromatic heterocycles. The number of hydrogen-bond donors (Lipinski definition) is 0. The van der Waals surface area contributed by atoms with E-state index in [1.165, 1.54) is 11.8 Å². The summed E-state index contributed by atoms with van der Waals surface area (Å²) in [6.07, 6.45) is 3.59. The Hall–Kier alpha value is -1.16. The smallest absolute Gasteiger partial charge is 0.243 e. The minimum Gasteiger partial charge on any atom is -0.358 e. The zero-order valence-corrected chi connectivity index (χ0v) is 19.5. The predicted octanol–water partition coefficient (Wildman–Crippen LogP) is 3.11. The van der Waals surface area contributed by atoms with Crippen LogP contribution in [0.15, 0.2) is 23.1 Å². The Labute approximate surface area is 183 Å². The second-order valence-corrected chi connectivity index (χ2v) is 10.8. The average molecular weight is 456 g/mol. The highest BCUT2D eigenvalue weighted by molar-refractivity contribution is 8.23. The van der Waals surface area contributed by atoms with Gasteiger partial charge in [-0.2, -0.15) is 4.31 Å². The lowest BCUT2D eigenvalue weighted by Gasteiger charge is -2.26. The summed E-state index contributed by atoms with van der Waals surface area (Å²) in [6, 6.07) is 5.17. The molecule has 0 radical (unpaired) electrons. The van der Waals surface area contributed by atoms with Crippen molar-refractivity contribution < 1.29 is 13.2 Å². The number of thioether (sulfide) groups is 1. The van der Waals surface area contributed by atoms with Crippen molar-refractivity contribution in [3.05, 3.63) is 23.8 Å². The summed E-state index contributed by atoms with van der Waals surface area (Å²) in [5, 5.41) is 0. The Kier molecular flexibility index (Phi) is 7.58. The van der Waals surface area contributed by atoms with Crippen LogP contribution in [0.3, 0.4) is 0 Å². The number of amides is 1. The van der Waals surface area contributed by atoms with E-state index in [4.69, 9.17) is 12.2 Å². The van der Waals surface area contributed by atoms with Crippen molar-refractivity contribution in [1.82, 2.24) is 9.21 Å². The maximum atomic E-state index is 12.9. The van der Waals surface area contributed by atoms with Gasteiger partial charge in [0.2, 0.25) is 15.9 Å². The first-order chi connectivity index (χ1) is 13.9. The Bertz CT molecular complexity index is 863. The van der Waals surface area contributed by atoms with E-state index in [9.17, 15) is 13.2 Å². The molecule has 160 valence electrons. The second kappa shape index (κ2) is 9.76. The van der Waals surface area contributed by atoms with Crippen LogP contribution in [0, 0.1) is 0 Å². The molecule has 0 bridgehead atoms. The van der Waals surface area contributed by atoms with Gasteiger partial charge in [-0.3, -0.25) is 4.79 Å². The minimum atomic E-state index is -3.46. The summed E-state index contributed by atoms with van der Waals surface area (Å²) < 4.78 is 28.2. The number of hydrogen-bond acceptors (Lipinski definition) is 5. The summed E-state index contributed by atoms with van der Waals surface area (Å²) in [5.74, 6) is 0.303. The van der Waals surface area contributed by atoms with Gasteiger partial charge < -0.3 is 9.80 Å². The van der Waals surface area contributed by atoms with Gasteiger partial charge in [-0.1, -0.05) is 30.4 Å². The van der Waals surface area contributed by atoms with Crippen LogP contribution in [-0.2, 0) is 21.2 Å². The summed E-state index contributed by atoms with van der Waals surface area (Å²) in [7, 11) is -3.46. The summed E-state index contributed by atoms with van der Waals surface area (Å²) >= 11 is 6.80. The quantitative estimate of drug-likeness (QED) is 0.615. The van der Waals surface area contributed by atoms with Crippen molar-refractivity contribution in [2.45, 2.75) is 44.4 Å². The summed E-state index contributed by atoms with van der Waals surface area (Å²) in [5.41, 5.74) is 1.75. The zero-order chi connectivity index (χ0) is 21.0. The first-order valence-corrected chi connectivity index (χ1v) is 13.1. The number of anilines is 1. The van der Waals surface area contributed by atoms with Gasteiger partial charge in [0.05, 0.1) is 10.6 Å². The molecule has 0 unspecified atom stereocenters. The molecule has 0 saturated carbocycles. The Balaban J connectivity index is 1.69. The van der Waals surface area contributed by atoms with E-state index in [1.807, 2.05) is 13.8 Å². The molecule has 0 spiro atoms. The molecule has 2 aliphatic heterocycles. The molecule has 3 rings (SSSR count). The Morgan fingerprint density at radius 2 is 1.83 bits per heavy atom. The highest BCUT2D eigenvalue weighted by Gasteiger charge is 2.30. The third kappa shape index (κ3) is 4.95. The van der Waals surface area contributed by atoms with Gasteiger partial charge in [-0.05, 0) is 56.9 Å². The lowest BCUT2D eigenvalue weighted by Crippen LogP contribution is -2.35. The van der Waals surface area contributed by atoms with E-state index >= 15 is 0 Å². The van der Waals surface area contributed by atoms with E-state index in [-0.39, 0.29) is 5.91 Å². The van der Waals surface area contributed by atoms with Crippen LogP contribution >= 0.6 is 24.0 Å². The fourth-order valence-electron chi connectivity index (χ4n) is 3.83. The van der Waals surface area contributed by atoms with Crippen molar-refractivity contribution in [3.63, 3.8) is 0 Å². The number of carbonyl (C=O) groups excluding carboxylic acids is 1. The average Bonchev–Trinajstić information content (AvgIpc) is 3.17. The molecule has 1 fully saturated rings. The molecule has 0 atom stereocenters. The molecular weight excluding hydrogens is 426 g/mol. The third-order valence-electron chi connectivity index (χ3n) is 5.54. The molecule has 2 aliphatic rings. The van der Waals surface area contributed by atoms with Crippen LogP contribution in [0.1, 0.15) is 38.7 Å². The van der Waals surface area contributed by atoms with Gasteiger partial charge in [-0.15, -0.1) is 0 Å². The normalized spacial score (nSPS) is 17.2. The highest BCUT2D eigenvalue weighted by Crippen LogP contribution is 2.32. The van der Waals surface area contributed by atoms with Crippen LogP contribution in [0.25, 0.3) is 0 Å². The monoisotopic (exact) mass is 455 g/mol. The Morgan fingerprint density at radius 3 is 2.48 bits per heavy atom. The summed E-state index contributed by atoms with van der Waals surface area (Å²) in [6.45, 7) is 7.52. The lowest BCUT2D eigenvalue weighted by molar-refractivity contribution is -0.116.